The van der Waals surface area contributed by atoms with Crippen LogP contribution >= 0.6 is 11.6 Å². The summed E-state index contributed by atoms with van der Waals surface area (Å²) in [5.74, 6) is 0.696. The molecule has 0 atom stereocenters. The average Bonchev–Trinajstić information content (AvgIpc) is 2.78. The molecule has 0 unspecified atom stereocenters. The standard InChI is InChI=1S/C20H23ClN4O/c1-10-8-16(21)9-11(2)19(10)25-14(5)12(3)17-18(13(4)24-26-7)22-15(6)23-20(17)25/h8-9H,1-7H3/b24-13-. The zero-order chi connectivity index (χ0) is 19.2. The number of benzene rings is 1. The molecule has 3 rings (SSSR count). The topological polar surface area (TPSA) is 52.3 Å². The molecule has 0 aliphatic rings. The fourth-order valence-electron chi connectivity index (χ4n) is 3.54. The lowest BCUT2D eigenvalue weighted by Crippen LogP contribution is -2.07. The first-order chi connectivity index (χ1) is 12.3. The number of oxime groups is 1. The predicted octanol–water partition coefficient (Wildman–Crippen LogP) is 4.99. The van der Waals surface area contributed by atoms with Gasteiger partial charge in [-0.3, -0.25) is 4.57 Å². The maximum Gasteiger partial charge on any atom is 0.149 e. The van der Waals surface area contributed by atoms with E-state index in [-0.39, 0.29) is 0 Å². The van der Waals surface area contributed by atoms with E-state index in [1.165, 1.54) is 0 Å². The Morgan fingerprint density at radius 3 is 2.27 bits per heavy atom. The third-order valence-electron chi connectivity index (χ3n) is 4.72. The quantitative estimate of drug-likeness (QED) is 0.482. The number of fused-ring (bicyclic) bond motifs is 1. The van der Waals surface area contributed by atoms with E-state index in [1.54, 1.807) is 7.11 Å². The van der Waals surface area contributed by atoms with Crippen molar-refractivity contribution in [2.24, 2.45) is 5.16 Å². The molecular formula is C20H23ClN4O. The molecule has 0 bridgehead atoms. The predicted molar refractivity (Wildman–Crippen MR) is 107 cm³/mol. The monoisotopic (exact) mass is 370 g/mol. The number of hydrogen-bond donors (Lipinski definition) is 0. The van der Waals surface area contributed by atoms with Crippen LogP contribution in [0, 0.1) is 34.6 Å². The number of aromatic nitrogens is 3. The summed E-state index contributed by atoms with van der Waals surface area (Å²) in [4.78, 5) is 14.4. The average molecular weight is 371 g/mol. The fourth-order valence-corrected chi connectivity index (χ4v) is 3.87. The van der Waals surface area contributed by atoms with Crippen molar-refractivity contribution in [3.63, 3.8) is 0 Å². The number of nitrogens with zero attached hydrogens (tertiary/aromatic N) is 4. The lowest BCUT2D eigenvalue weighted by Gasteiger charge is -2.15. The zero-order valence-corrected chi connectivity index (χ0v) is 17.0. The van der Waals surface area contributed by atoms with Crippen molar-refractivity contribution in [1.29, 1.82) is 0 Å². The van der Waals surface area contributed by atoms with Crippen LogP contribution in [0.2, 0.25) is 5.02 Å². The van der Waals surface area contributed by atoms with E-state index in [2.05, 4.69) is 42.4 Å². The van der Waals surface area contributed by atoms with Crippen LogP contribution in [0.25, 0.3) is 16.7 Å². The van der Waals surface area contributed by atoms with Gasteiger partial charge in [0.15, 0.2) is 0 Å². The summed E-state index contributed by atoms with van der Waals surface area (Å²) >= 11 is 6.24. The Balaban J connectivity index is 2.47. The van der Waals surface area contributed by atoms with E-state index >= 15 is 0 Å². The highest BCUT2D eigenvalue weighted by molar-refractivity contribution is 6.30. The summed E-state index contributed by atoms with van der Waals surface area (Å²) in [6.07, 6.45) is 0. The molecule has 26 heavy (non-hydrogen) atoms. The second kappa shape index (κ2) is 6.72. The van der Waals surface area contributed by atoms with Gasteiger partial charge >= 0.3 is 0 Å². The zero-order valence-electron chi connectivity index (χ0n) is 16.2. The van der Waals surface area contributed by atoms with Crippen LogP contribution in [0.5, 0.6) is 0 Å². The summed E-state index contributed by atoms with van der Waals surface area (Å²) in [5.41, 5.74) is 7.99. The van der Waals surface area contributed by atoms with Gasteiger partial charge in [-0.25, -0.2) is 9.97 Å². The molecule has 1 aromatic carbocycles. The van der Waals surface area contributed by atoms with E-state index in [4.69, 9.17) is 21.4 Å². The Hall–Kier alpha value is -2.40. The Bertz CT molecular complexity index is 1030. The molecule has 0 radical (unpaired) electrons. The Morgan fingerprint density at radius 2 is 1.69 bits per heavy atom. The molecule has 0 saturated heterocycles. The molecule has 0 saturated carbocycles. The van der Waals surface area contributed by atoms with Gasteiger partial charge < -0.3 is 4.84 Å². The molecule has 5 nitrogen and oxygen atoms in total. The Morgan fingerprint density at radius 1 is 1.08 bits per heavy atom. The van der Waals surface area contributed by atoms with Crippen LogP contribution in [0.3, 0.4) is 0 Å². The van der Waals surface area contributed by atoms with E-state index < -0.39 is 0 Å². The Labute approximate surface area is 158 Å². The molecule has 6 heteroatoms. The maximum atomic E-state index is 6.24. The van der Waals surface area contributed by atoms with Crippen molar-refractivity contribution in [2.45, 2.75) is 41.5 Å². The second-order valence-corrected chi connectivity index (χ2v) is 7.05. The summed E-state index contributed by atoms with van der Waals surface area (Å²) < 4.78 is 2.20. The van der Waals surface area contributed by atoms with E-state index in [9.17, 15) is 0 Å². The first-order valence-electron chi connectivity index (χ1n) is 8.47. The van der Waals surface area contributed by atoms with Crippen LogP contribution in [-0.2, 0) is 4.84 Å². The Kier molecular flexibility index (Phi) is 4.76. The van der Waals surface area contributed by atoms with E-state index in [0.29, 0.717) is 5.82 Å². The minimum Gasteiger partial charge on any atom is -0.399 e. The van der Waals surface area contributed by atoms with Crippen LogP contribution in [0.15, 0.2) is 17.3 Å². The van der Waals surface area contributed by atoms with Gasteiger partial charge in [0.2, 0.25) is 0 Å². The van der Waals surface area contributed by atoms with Gasteiger partial charge in [-0.1, -0.05) is 16.8 Å². The summed E-state index contributed by atoms with van der Waals surface area (Å²) in [5, 5.41) is 5.83. The maximum absolute atomic E-state index is 6.24. The lowest BCUT2D eigenvalue weighted by molar-refractivity contribution is 0.213. The lowest BCUT2D eigenvalue weighted by atomic mass is 10.1. The molecule has 3 aromatic rings. The minimum absolute atomic E-state index is 0.696. The molecular weight excluding hydrogens is 348 g/mol. The summed E-state index contributed by atoms with van der Waals surface area (Å²) in [6, 6.07) is 3.97. The summed E-state index contributed by atoms with van der Waals surface area (Å²) in [7, 11) is 1.54. The second-order valence-electron chi connectivity index (χ2n) is 6.61. The molecule has 2 aromatic heterocycles. The molecule has 0 aliphatic heterocycles. The van der Waals surface area contributed by atoms with Gasteiger partial charge in [-0.15, -0.1) is 0 Å². The smallest absolute Gasteiger partial charge is 0.149 e. The minimum atomic E-state index is 0.696. The fraction of sp³-hybridized carbons (Fsp3) is 0.350. The highest BCUT2D eigenvalue weighted by atomic mass is 35.5. The van der Waals surface area contributed by atoms with Gasteiger partial charge in [-0.2, -0.15) is 0 Å². The van der Waals surface area contributed by atoms with Gasteiger partial charge in [-0.05, 0) is 70.4 Å². The molecule has 0 amide bonds. The SMILES string of the molecule is CO/N=C(/C)c1nc(C)nc2c1c(C)c(C)n2-c1c(C)cc(Cl)cc1C. The molecule has 0 spiro atoms. The largest absolute Gasteiger partial charge is 0.399 e. The number of halogens is 1. The third-order valence-corrected chi connectivity index (χ3v) is 4.94. The van der Waals surface area contributed by atoms with Crippen LogP contribution in [-0.4, -0.2) is 27.4 Å². The van der Waals surface area contributed by atoms with Crippen molar-refractivity contribution in [2.75, 3.05) is 7.11 Å². The van der Waals surface area contributed by atoms with Crippen LogP contribution in [0.4, 0.5) is 0 Å². The number of rotatable bonds is 3. The van der Waals surface area contributed by atoms with Gasteiger partial charge in [0, 0.05) is 10.7 Å². The number of aryl methyl sites for hydroxylation is 4. The van der Waals surface area contributed by atoms with Crippen LogP contribution in [0.1, 0.15) is 40.8 Å². The highest BCUT2D eigenvalue weighted by Gasteiger charge is 2.22. The van der Waals surface area contributed by atoms with Gasteiger partial charge in [0.1, 0.15) is 30.0 Å². The number of hydrogen-bond acceptors (Lipinski definition) is 4. The van der Waals surface area contributed by atoms with E-state index in [1.807, 2.05) is 26.0 Å². The normalized spacial score (nSPS) is 12.1. The molecule has 136 valence electrons. The van der Waals surface area contributed by atoms with Crippen molar-refractivity contribution >= 4 is 28.3 Å². The van der Waals surface area contributed by atoms with Crippen LogP contribution < -0.4 is 0 Å². The van der Waals surface area contributed by atoms with Crippen molar-refractivity contribution in [3.8, 4) is 5.69 Å². The van der Waals surface area contributed by atoms with Crippen molar-refractivity contribution < 1.29 is 4.84 Å². The van der Waals surface area contributed by atoms with Gasteiger partial charge in [0.25, 0.3) is 0 Å². The van der Waals surface area contributed by atoms with E-state index in [0.717, 1.165) is 55.5 Å². The molecule has 0 fully saturated rings. The summed E-state index contributed by atoms with van der Waals surface area (Å²) in [6.45, 7) is 12.1. The first-order valence-corrected chi connectivity index (χ1v) is 8.85. The first kappa shape index (κ1) is 18.4. The highest BCUT2D eigenvalue weighted by Crippen LogP contribution is 2.33. The van der Waals surface area contributed by atoms with Crippen molar-refractivity contribution in [3.05, 3.63) is 51.1 Å². The molecule has 0 aliphatic carbocycles. The van der Waals surface area contributed by atoms with Crippen molar-refractivity contribution in [1.82, 2.24) is 14.5 Å². The molecule has 2 heterocycles. The molecule has 0 N–H and O–H groups in total. The van der Waals surface area contributed by atoms with Gasteiger partial charge in [0.05, 0.1) is 11.1 Å². The third kappa shape index (κ3) is 2.86.